The summed E-state index contributed by atoms with van der Waals surface area (Å²) in [5.74, 6) is -0.0364. The molecule has 21 heavy (non-hydrogen) atoms. The summed E-state index contributed by atoms with van der Waals surface area (Å²) in [6.45, 7) is 0.305. The Hall–Kier alpha value is -1.80. The first-order chi connectivity index (χ1) is 9.94. The lowest BCUT2D eigenvalue weighted by atomic mass is 10.3. The molecule has 3 N–H and O–H groups in total. The molecule has 1 aromatic carbocycles. The lowest BCUT2D eigenvalue weighted by Crippen LogP contribution is -2.30. The van der Waals surface area contributed by atoms with E-state index in [-0.39, 0.29) is 31.7 Å². The van der Waals surface area contributed by atoms with Crippen molar-refractivity contribution in [3.63, 3.8) is 0 Å². The molecule has 0 radical (unpaired) electrons. The average molecular weight is 316 g/mol. The fourth-order valence-corrected chi connectivity index (χ4v) is 2.61. The van der Waals surface area contributed by atoms with Crippen LogP contribution < -0.4 is 15.2 Å². The highest BCUT2D eigenvalue weighted by molar-refractivity contribution is 7.89. The number of methoxy groups -OCH3 is 1. The molecule has 1 aromatic rings. The van der Waals surface area contributed by atoms with Crippen molar-refractivity contribution in [1.82, 2.24) is 4.72 Å². The van der Waals surface area contributed by atoms with Gasteiger partial charge in [0.25, 0.3) is 0 Å². The van der Waals surface area contributed by atoms with E-state index in [9.17, 15) is 13.2 Å². The van der Waals surface area contributed by atoms with E-state index >= 15 is 0 Å². The summed E-state index contributed by atoms with van der Waals surface area (Å²) in [4.78, 5) is 10.9. The van der Waals surface area contributed by atoms with Crippen molar-refractivity contribution >= 4 is 21.7 Å². The van der Waals surface area contributed by atoms with E-state index in [1.165, 1.54) is 7.11 Å². The molecular formula is C13H20N2O5S. The number of rotatable bonds is 9. The van der Waals surface area contributed by atoms with E-state index in [0.29, 0.717) is 11.4 Å². The molecule has 0 fully saturated rings. The summed E-state index contributed by atoms with van der Waals surface area (Å²) in [7, 11) is -2.15. The summed E-state index contributed by atoms with van der Waals surface area (Å²) in [5, 5.41) is 0. The normalized spacial score (nSPS) is 11.1. The second-order valence-corrected chi connectivity index (χ2v) is 6.21. The first kappa shape index (κ1) is 17.3. The van der Waals surface area contributed by atoms with Crippen LogP contribution in [0.4, 0.5) is 5.69 Å². The molecule has 0 aliphatic carbocycles. The van der Waals surface area contributed by atoms with Crippen LogP contribution in [0.1, 0.15) is 12.8 Å². The molecule has 118 valence electrons. The Kier molecular flexibility index (Phi) is 6.97. The highest BCUT2D eigenvalue weighted by atomic mass is 32.2. The standard InChI is InChI=1S/C13H20N2O5S/c1-19-13(16)7-4-10-21(17,18)15-8-9-20-12-6-3-2-5-11(12)14/h2-3,5-6,15H,4,7-10,14H2,1H3. The molecule has 0 aliphatic rings. The third-order valence-electron chi connectivity index (χ3n) is 2.62. The Morgan fingerprint density at radius 2 is 2.05 bits per heavy atom. The van der Waals surface area contributed by atoms with Crippen LogP contribution in [0, 0.1) is 0 Å². The minimum atomic E-state index is -3.42. The Morgan fingerprint density at radius 1 is 1.33 bits per heavy atom. The number of sulfonamides is 1. The molecule has 8 heteroatoms. The van der Waals surface area contributed by atoms with E-state index in [1.54, 1.807) is 24.3 Å². The maximum absolute atomic E-state index is 11.6. The zero-order valence-electron chi connectivity index (χ0n) is 11.9. The van der Waals surface area contributed by atoms with Gasteiger partial charge in [-0.05, 0) is 18.6 Å². The lowest BCUT2D eigenvalue weighted by molar-refractivity contribution is -0.140. The maximum Gasteiger partial charge on any atom is 0.305 e. The van der Waals surface area contributed by atoms with Gasteiger partial charge in [-0.1, -0.05) is 12.1 Å². The van der Waals surface area contributed by atoms with Gasteiger partial charge in [-0.3, -0.25) is 4.79 Å². The van der Waals surface area contributed by atoms with E-state index in [0.717, 1.165) is 0 Å². The lowest BCUT2D eigenvalue weighted by Gasteiger charge is -2.09. The van der Waals surface area contributed by atoms with Gasteiger partial charge in [0.15, 0.2) is 0 Å². The van der Waals surface area contributed by atoms with Crippen molar-refractivity contribution in [3.8, 4) is 5.75 Å². The van der Waals surface area contributed by atoms with Gasteiger partial charge in [0.1, 0.15) is 12.4 Å². The van der Waals surface area contributed by atoms with Crippen LogP contribution in [0.15, 0.2) is 24.3 Å². The van der Waals surface area contributed by atoms with Crippen LogP contribution in [-0.2, 0) is 19.6 Å². The minimum Gasteiger partial charge on any atom is -0.490 e. The second kappa shape index (κ2) is 8.48. The number of benzene rings is 1. The number of nitrogen functional groups attached to an aromatic ring is 1. The SMILES string of the molecule is COC(=O)CCCS(=O)(=O)NCCOc1ccccc1N. The number of carbonyl (C=O) groups excluding carboxylic acids is 1. The Balaban J connectivity index is 2.25. The van der Waals surface area contributed by atoms with Gasteiger partial charge in [-0.15, -0.1) is 0 Å². The highest BCUT2D eigenvalue weighted by Crippen LogP contribution is 2.19. The largest absolute Gasteiger partial charge is 0.490 e. The molecule has 0 atom stereocenters. The zero-order valence-corrected chi connectivity index (χ0v) is 12.7. The Labute approximate surface area is 124 Å². The number of hydrogen-bond donors (Lipinski definition) is 2. The van der Waals surface area contributed by atoms with Crippen LogP contribution >= 0.6 is 0 Å². The minimum absolute atomic E-state index is 0.0778. The molecule has 0 saturated carbocycles. The van der Waals surface area contributed by atoms with Crippen LogP contribution in [0.25, 0.3) is 0 Å². The van der Waals surface area contributed by atoms with Gasteiger partial charge in [0, 0.05) is 13.0 Å². The number of hydrogen-bond acceptors (Lipinski definition) is 6. The second-order valence-electron chi connectivity index (χ2n) is 4.28. The highest BCUT2D eigenvalue weighted by Gasteiger charge is 2.11. The summed E-state index contributed by atoms with van der Waals surface area (Å²) < 4.78 is 35.5. The van der Waals surface area contributed by atoms with Crippen molar-refractivity contribution in [2.24, 2.45) is 0 Å². The van der Waals surface area contributed by atoms with Gasteiger partial charge in [-0.2, -0.15) is 0 Å². The smallest absolute Gasteiger partial charge is 0.305 e. The van der Waals surface area contributed by atoms with Crippen molar-refractivity contribution in [2.45, 2.75) is 12.8 Å². The fourth-order valence-electron chi connectivity index (χ4n) is 1.55. The molecule has 0 spiro atoms. The number of anilines is 1. The van der Waals surface area contributed by atoms with Crippen molar-refractivity contribution in [3.05, 3.63) is 24.3 Å². The quantitative estimate of drug-likeness (QED) is 0.391. The van der Waals surface area contributed by atoms with Crippen LogP contribution in [0.5, 0.6) is 5.75 Å². The number of para-hydroxylation sites is 2. The molecule has 0 aliphatic heterocycles. The molecule has 0 aromatic heterocycles. The first-order valence-electron chi connectivity index (χ1n) is 6.46. The number of carbonyl (C=O) groups is 1. The predicted octanol–water partition coefficient (Wildman–Crippen LogP) is 0.520. The van der Waals surface area contributed by atoms with Crippen LogP contribution in [0.3, 0.4) is 0 Å². The summed E-state index contributed by atoms with van der Waals surface area (Å²) >= 11 is 0. The Morgan fingerprint density at radius 3 is 2.71 bits per heavy atom. The van der Waals surface area contributed by atoms with Gasteiger partial charge in [0.2, 0.25) is 10.0 Å². The van der Waals surface area contributed by atoms with Gasteiger partial charge >= 0.3 is 5.97 Å². The first-order valence-corrected chi connectivity index (χ1v) is 8.11. The maximum atomic E-state index is 11.6. The predicted molar refractivity (Wildman–Crippen MR) is 79.4 cm³/mol. The molecule has 0 saturated heterocycles. The monoisotopic (exact) mass is 316 g/mol. The van der Waals surface area contributed by atoms with E-state index in [1.807, 2.05) is 0 Å². The summed E-state index contributed by atoms with van der Waals surface area (Å²) in [6.07, 6.45) is 0.295. The zero-order chi connectivity index (χ0) is 15.7. The fraction of sp³-hybridized carbons (Fsp3) is 0.462. The van der Waals surface area contributed by atoms with Gasteiger partial charge in [0.05, 0.1) is 18.6 Å². The number of nitrogens with two attached hydrogens (primary N) is 1. The van der Waals surface area contributed by atoms with E-state index in [4.69, 9.17) is 10.5 Å². The summed E-state index contributed by atoms with van der Waals surface area (Å²) in [6, 6.07) is 6.97. The number of ether oxygens (including phenoxy) is 2. The third-order valence-corrected chi connectivity index (χ3v) is 4.09. The Bertz CT molecular complexity index is 559. The van der Waals surface area contributed by atoms with Gasteiger partial charge in [-0.25, -0.2) is 13.1 Å². The third kappa shape index (κ3) is 6.96. The van der Waals surface area contributed by atoms with Crippen LogP contribution in [0.2, 0.25) is 0 Å². The topological polar surface area (TPSA) is 108 Å². The molecule has 0 amide bonds. The summed E-state index contributed by atoms with van der Waals surface area (Å²) in [5.41, 5.74) is 6.19. The van der Waals surface area contributed by atoms with Crippen LogP contribution in [-0.4, -0.2) is 40.4 Å². The van der Waals surface area contributed by atoms with E-state index < -0.39 is 16.0 Å². The molecule has 7 nitrogen and oxygen atoms in total. The molecule has 0 bridgehead atoms. The number of nitrogens with one attached hydrogen (secondary N) is 1. The molecule has 0 heterocycles. The van der Waals surface area contributed by atoms with Gasteiger partial charge < -0.3 is 15.2 Å². The van der Waals surface area contributed by atoms with Crippen molar-refractivity contribution < 1.29 is 22.7 Å². The number of esters is 1. The molecular weight excluding hydrogens is 296 g/mol. The van der Waals surface area contributed by atoms with Crippen molar-refractivity contribution in [2.75, 3.05) is 31.7 Å². The van der Waals surface area contributed by atoms with E-state index in [2.05, 4.69) is 9.46 Å². The average Bonchev–Trinajstić information content (AvgIpc) is 2.45. The van der Waals surface area contributed by atoms with Crippen molar-refractivity contribution in [1.29, 1.82) is 0 Å². The molecule has 0 unspecified atom stereocenters. The molecule has 1 rings (SSSR count).